The van der Waals surface area contributed by atoms with Crippen LogP contribution < -0.4 is 4.72 Å². The molecular weight excluding hydrogens is 308 g/mol. The van der Waals surface area contributed by atoms with Crippen molar-refractivity contribution in [1.82, 2.24) is 4.72 Å². The van der Waals surface area contributed by atoms with E-state index < -0.39 is 10.0 Å². The van der Waals surface area contributed by atoms with E-state index in [9.17, 15) is 8.42 Å². The Morgan fingerprint density at radius 3 is 2.87 bits per heavy atom. The van der Waals surface area contributed by atoms with Crippen molar-refractivity contribution in [2.24, 2.45) is 16.3 Å². The average Bonchev–Trinajstić information content (AvgIpc) is 2.47. The molecule has 4 nitrogen and oxygen atoms in total. The smallest absolute Gasteiger partial charge is 0.236 e. The zero-order valence-electron chi connectivity index (χ0n) is 14.0. The van der Waals surface area contributed by atoms with Crippen molar-refractivity contribution in [2.75, 3.05) is 0 Å². The summed E-state index contributed by atoms with van der Waals surface area (Å²) in [5.74, 6) is 0.156. The fourth-order valence-electron chi connectivity index (χ4n) is 5.02. The molecule has 2 heterocycles. The summed E-state index contributed by atoms with van der Waals surface area (Å²) in [6.45, 7) is 6.25. The van der Waals surface area contributed by atoms with Crippen LogP contribution in [0.25, 0.3) is 0 Å². The van der Waals surface area contributed by atoms with Crippen LogP contribution in [0.1, 0.15) is 46.5 Å². The van der Waals surface area contributed by atoms with Crippen LogP contribution in [0.15, 0.2) is 40.1 Å². The summed E-state index contributed by atoms with van der Waals surface area (Å²) in [6.07, 6.45) is 10.2. The second-order valence-corrected chi connectivity index (χ2v) is 9.45. The molecule has 0 saturated heterocycles. The van der Waals surface area contributed by atoms with E-state index in [1.165, 1.54) is 11.1 Å². The summed E-state index contributed by atoms with van der Waals surface area (Å²) >= 11 is 0. The fraction of sp³-hybridized carbons (Fsp3) is 0.611. The minimum atomic E-state index is -3.33. The first-order chi connectivity index (χ1) is 10.8. The van der Waals surface area contributed by atoms with Gasteiger partial charge in [0.25, 0.3) is 0 Å². The third-order valence-corrected chi connectivity index (χ3v) is 8.00. The Hall–Kier alpha value is -1.36. The molecule has 5 heteroatoms. The molecule has 1 N–H and O–H groups in total. The van der Waals surface area contributed by atoms with Crippen LogP contribution >= 0.6 is 0 Å². The maximum absolute atomic E-state index is 12.9. The van der Waals surface area contributed by atoms with Crippen LogP contribution in [0, 0.1) is 11.3 Å². The highest BCUT2D eigenvalue weighted by atomic mass is 32.2. The van der Waals surface area contributed by atoms with Crippen LogP contribution in [0.2, 0.25) is 0 Å². The Labute approximate surface area is 138 Å². The van der Waals surface area contributed by atoms with E-state index in [2.05, 4.69) is 30.7 Å². The molecule has 0 amide bonds. The van der Waals surface area contributed by atoms with Gasteiger partial charge in [-0.2, -0.15) is 0 Å². The predicted octanol–water partition coefficient (Wildman–Crippen LogP) is 3.10. The summed E-state index contributed by atoms with van der Waals surface area (Å²) < 4.78 is 28.8. The Balaban J connectivity index is 1.94. The second kappa shape index (κ2) is 4.82. The Morgan fingerprint density at radius 1 is 1.30 bits per heavy atom. The highest BCUT2D eigenvalue weighted by Crippen LogP contribution is 2.53. The highest BCUT2D eigenvalue weighted by molar-refractivity contribution is 7.90. The van der Waals surface area contributed by atoms with Gasteiger partial charge >= 0.3 is 0 Å². The number of aliphatic imine (C=N–C) groups is 1. The molecular formula is C18H24N2O2S. The van der Waals surface area contributed by atoms with Crippen molar-refractivity contribution < 1.29 is 8.42 Å². The Kier molecular flexibility index (Phi) is 3.18. The maximum Gasteiger partial charge on any atom is 0.236 e. The largest absolute Gasteiger partial charge is 0.285 e. The normalized spacial score (nSPS) is 41.1. The predicted molar refractivity (Wildman–Crippen MR) is 92.7 cm³/mol. The molecule has 4 atom stereocenters. The molecule has 2 aliphatic carbocycles. The standard InChI is InChI=1S/C18H24N2O2S/c1-11-10-13-8-7-12(2)19-16(13)17-15(11)18(3)9-5-4-6-14(18)23(21,22)20-17/h7-8,10,13-14,16,20H,4-6,9H2,1-3H3/t13?,14?,16?,18-/m0/s1. The van der Waals surface area contributed by atoms with Gasteiger partial charge in [-0.1, -0.05) is 31.9 Å². The number of allylic oxidation sites excluding steroid dienone is 3. The van der Waals surface area contributed by atoms with Crippen LogP contribution in [-0.2, 0) is 10.0 Å². The van der Waals surface area contributed by atoms with Crippen LogP contribution in [-0.4, -0.2) is 25.4 Å². The van der Waals surface area contributed by atoms with E-state index in [0.717, 1.165) is 37.1 Å². The van der Waals surface area contributed by atoms with E-state index in [4.69, 9.17) is 4.99 Å². The van der Waals surface area contributed by atoms with E-state index in [1.807, 2.05) is 13.0 Å². The lowest BCUT2D eigenvalue weighted by atomic mass is 9.64. The van der Waals surface area contributed by atoms with Gasteiger partial charge in [-0.3, -0.25) is 9.71 Å². The molecule has 0 bridgehead atoms. The zero-order chi connectivity index (χ0) is 16.4. The third kappa shape index (κ3) is 2.09. The first kappa shape index (κ1) is 15.2. The summed E-state index contributed by atoms with van der Waals surface area (Å²) in [4.78, 5) is 4.76. The topological polar surface area (TPSA) is 58.5 Å². The summed E-state index contributed by atoms with van der Waals surface area (Å²) in [5.41, 5.74) is 3.94. The summed E-state index contributed by atoms with van der Waals surface area (Å²) in [5, 5.41) is -0.313. The van der Waals surface area contributed by atoms with Gasteiger partial charge in [-0.05, 0) is 43.9 Å². The van der Waals surface area contributed by atoms with Gasteiger partial charge in [0, 0.05) is 17.0 Å². The van der Waals surface area contributed by atoms with E-state index in [0.29, 0.717) is 0 Å². The number of sulfonamides is 1. The number of nitrogens with zero attached hydrogens (tertiary/aromatic N) is 1. The number of dihydropyridines is 1. The number of hydrogen-bond donors (Lipinski definition) is 1. The summed E-state index contributed by atoms with van der Waals surface area (Å²) in [7, 11) is -3.33. The molecule has 124 valence electrons. The van der Waals surface area contributed by atoms with Crippen LogP contribution in [0.3, 0.4) is 0 Å². The molecule has 0 aromatic rings. The van der Waals surface area contributed by atoms with Gasteiger partial charge < -0.3 is 0 Å². The van der Waals surface area contributed by atoms with Crippen LogP contribution in [0.5, 0.6) is 0 Å². The maximum atomic E-state index is 12.9. The summed E-state index contributed by atoms with van der Waals surface area (Å²) in [6, 6.07) is -0.117. The van der Waals surface area contributed by atoms with Gasteiger partial charge in [0.2, 0.25) is 10.0 Å². The van der Waals surface area contributed by atoms with Gasteiger partial charge in [0.05, 0.1) is 10.9 Å². The minimum absolute atomic E-state index is 0.117. The second-order valence-electron chi connectivity index (χ2n) is 7.59. The van der Waals surface area contributed by atoms with E-state index in [-0.39, 0.29) is 22.6 Å². The van der Waals surface area contributed by atoms with E-state index >= 15 is 0 Å². The van der Waals surface area contributed by atoms with Crippen molar-refractivity contribution >= 4 is 15.7 Å². The highest BCUT2D eigenvalue weighted by Gasteiger charge is 2.53. The molecule has 0 aromatic heterocycles. The quantitative estimate of drug-likeness (QED) is 0.741. The van der Waals surface area contributed by atoms with Crippen molar-refractivity contribution in [3.05, 3.63) is 35.1 Å². The van der Waals surface area contributed by atoms with Crippen molar-refractivity contribution in [3.8, 4) is 0 Å². The Morgan fingerprint density at radius 2 is 2.09 bits per heavy atom. The van der Waals surface area contributed by atoms with Gasteiger partial charge in [0.15, 0.2) is 0 Å². The number of hydrogen-bond acceptors (Lipinski definition) is 3. The average molecular weight is 332 g/mol. The molecule has 1 saturated carbocycles. The molecule has 0 radical (unpaired) electrons. The zero-order valence-corrected chi connectivity index (χ0v) is 14.8. The van der Waals surface area contributed by atoms with Gasteiger partial charge in [-0.25, -0.2) is 8.42 Å². The van der Waals surface area contributed by atoms with Gasteiger partial charge in [-0.15, -0.1) is 0 Å². The van der Waals surface area contributed by atoms with E-state index in [1.54, 1.807) is 0 Å². The molecule has 23 heavy (non-hydrogen) atoms. The number of fused-ring (bicyclic) bond motifs is 4. The Bertz CT molecular complexity index is 788. The molecule has 0 spiro atoms. The lowest BCUT2D eigenvalue weighted by Crippen LogP contribution is -2.55. The molecule has 2 aliphatic heterocycles. The minimum Gasteiger partial charge on any atom is -0.285 e. The first-order valence-electron chi connectivity index (χ1n) is 8.50. The molecule has 4 rings (SSSR count). The molecule has 0 aromatic carbocycles. The molecule has 4 aliphatic rings. The third-order valence-electron chi connectivity index (χ3n) is 5.99. The van der Waals surface area contributed by atoms with Gasteiger partial charge in [0.1, 0.15) is 6.04 Å². The lowest BCUT2D eigenvalue weighted by molar-refractivity contribution is 0.258. The van der Waals surface area contributed by atoms with Crippen molar-refractivity contribution in [1.29, 1.82) is 0 Å². The van der Waals surface area contributed by atoms with Crippen LogP contribution in [0.4, 0.5) is 0 Å². The molecule has 1 fully saturated rings. The fourth-order valence-corrected chi connectivity index (χ4v) is 7.09. The first-order valence-corrected chi connectivity index (χ1v) is 10.1. The van der Waals surface area contributed by atoms with Crippen molar-refractivity contribution in [2.45, 2.75) is 57.7 Å². The number of nitrogens with one attached hydrogen (secondary N) is 1. The van der Waals surface area contributed by atoms with Crippen molar-refractivity contribution in [3.63, 3.8) is 0 Å². The lowest BCUT2D eigenvalue weighted by Gasteiger charge is -2.50. The monoisotopic (exact) mass is 332 g/mol. The number of rotatable bonds is 0. The SMILES string of the molecule is CC1=CC2C=CC(C)=NC2C2=C1[C@@]1(C)CCCCC1S(=O)(=O)N2. The molecule has 3 unspecified atom stereocenters.